The van der Waals surface area contributed by atoms with Crippen LogP contribution >= 0.6 is 11.6 Å². The molecule has 1 aromatic rings. The van der Waals surface area contributed by atoms with E-state index in [4.69, 9.17) is 23.8 Å². The van der Waals surface area contributed by atoms with Gasteiger partial charge in [0.1, 0.15) is 5.69 Å². The first-order valence-electron chi connectivity index (χ1n) is 4.95. The third-order valence-electron chi connectivity index (χ3n) is 2.15. The average Bonchev–Trinajstić information content (AvgIpc) is 2.59. The fourth-order valence-electron chi connectivity index (χ4n) is 1.36. The highest BCUT2D eigenvalue weighted by atomic mass is 35.5. The van der Waals surface area contributed by atoms with Crippen molar-refractivity contribution < 1.29 is 4.79 Å². The first-order valence-corrected chi connectivity index (χ1v) is 5.33. The van der Waals surface area contributed by atoms with Gasteiger partial charge in [-0.1, -0.05) is 11.6 Å². The Bertz CT molecular complexity index is 431. The van der Waals surface area contributed by atoms with Crippen LogP contribution in [0.2, 0.25) is 5.02 Å². The molecule has 0 amide bonds. The molecule has 16 heavy (non-hydrogen) atoms. The zero-order valence-corrected chi connectivity index (χ0v) is 10.0. The van der Waals surface area contributed by atoms with Gasteiger partial charge >= 0.3 is 0 Å². The average molecular weight is 240 g/mol. The fourth-order valence-corrected chi connectivity index (χ4v) is 1.58. The van der Waals surface area contributed by atoms with Gasteiger partial charge in [-0.2, -0.15) is 5.10 Å². The lowest BCUT2D eigenvalue weighted by atomic mass is 10.1. The van der Waals surface area contributed by atoms with Gasteiger partial charge in [-0.15, -0.1) is 12.3 Å². The van der Waals surface area contributed by atoms with E-state index in [1.165, 1.54) is 6.20 Å². The number of hydrogen-bond acceptors (Lipinski definition) is 3. The summed E-state index contributed by atoms with van der Waals surface area (Å²) < 4.78 is 1.56. The highest BCUT2D eigenvalue weighted by Gasteiger charge is 2.23. The number of nitrogens with zero attached hydrogens (tertiary/aromatic N) is 2. The van der Waals surface area contributed by atoms with Crippen molar-refractivity contribution in [3.63, 3.8) is 0 Å². The van der Waals surface area contributed by atoms with Crippen molar-refractivity contribution in [1.82, 2.24) is 9.78 Å². The summed E-state index contributed by atoms with van der Waals surface area (Å²) in [6.45, 7) is 3.82. The van der Waals surface area contributed by atoms with Gasteiger partial charge < -0.3 is 5.73 Å². The summed E-state index contributed by atoms with van der Waals surface area (Å²) >= 11 is 5.92. The van der Waals surface area contributed by atoms with Crippen LogP contribution < -0.4 is 5.73 Å². The van der Waals surface area contributed by atoms with Gasteiger partial charge in [0, 0.05) is 12.5 Å². The third kappa shape index (κ3) is 2.43. The van der Waals surface area contributed by atoms with E-state index in [1.54, 1.807) is 4.68 Å². The van der Waals surface area contributed by atoms with Crippen molar-refractivity contribution >= 4 is 17.4 Å². The lowest BCUT2D eigenvalue weighted by Crippen LogP contribution is -2.32. The van der Waals surface area contributed by atoms with Crippen LogP contribution in [0.3, 0.4) is 0 Å². The molecule has 1 rings (SSSR count). The minimum Gasteiger partial charge on any atom is -0.320 e. The number of aromatic nitrogens is 2. The Balaban J connectivity index is 3.08. The van der Waals surface area contributed by atoms with Crippen molar-refractivity contribution in [2.45, 2.75) is 32.4 Å². The molecule has 0 saturated carbocycles. The summed E-state index contributed by atoms with van der Waals surface area (Å²) in [6.07, 6.45) is 6.75. The van der Waals surface area contributed by atoms with E-state index in [2.05, 4.69) is 11.0 Å². The van der Waals surface area contributed by atoms with E-state index in [0.29, 0.717) is 10.7 Å². The van der Waals surface area contributed by atoms with Crippen LogP contribution in [-0.2, 0) is 0 Å². The zero-order chi connectivity index (χ0) is 12.3. The number of Topliss-reactive ketones (excluding diaryl/α,β-unsaturated/α-hetero) is 1. The SMILES string of the molecule is C#CCC(N)C(=O)c1c(Cl)cnn1C(C)C. The van der Waals surface area contributed by atoms with Crippen LogP contribution in [0.25, 0.3) is 0 Å². The monoisotopic (exact) mass is 239 g/mol. The number of hydrogen-bond donors (Lipinski definition) is 1. The molecule has 1 unspecified atom stereocenters. The summed E-state index contributed by atoms with van der Waals surface area (Å²) in [5.74, 6) is 2.09. The molecule has 0 fully saturated rings. The van der Waals surface area contributed by atoms with Crippen molar-refractivity contribution in [3.05, 3.63) is 16.9 Å². The molecule has 0 bridgehead atoms. The number of carbonyl (C=O) groups excluding carboxylic acids is 1. The predicted molar refractivity (Wildman–Crippen MR) is 63.4 cm³/mol. The van der Waals surface area contributed by atoms with E-state index in [9.17, 15) is 4.79 Å². The molecular weight excluding hydrogens is 226 g/mol. The third-order valence-corrected chi connectivity index (χ3v) is 2.42. The minimum absolute atomic E-state index is 0.0458. The Hall–Kier alpha value is -1.31. The Labute approximate surface area is 99.8 Å². The number of nitrogens with two attached hydrogens (primary N) is 1. The van der Waals surface area contributed by atoms with Crippen molar-refractivity contribution in [1.29, 1.82) is 0 Å². The topological polar surface area (TPSA) is 60.9 Å². The van der Waals surface area contributed by atoms with Gasteiger partial charge in [-0.05, 0) is 13.8 Å². The van der Waals surface area contributed by atoms with E-state index in [-0.39, 0.29) is 18.2 Å². The maximum Gasteiger partial charge on any atom is 0.199 e. The van der Waals surface area contributed by atoms with Crippen LogP contribution in [0.5, 0.6) is 0 Å². The normalized spacial score (nSPS) is 12.5. The molecule has 0 radical (unpaired) electrons. The molecule has 0 saturated heterocycles. The Morgan fingerprint density at radius 2 is 2.38 bits per heavy atom. The van der Waals surface area contributed by atoms with Crippen LogP contribution in [-0.4, -0.2) is 21.6 Å². The number of rotatable bonds is 4. The zero-order valence-electron chi connectivity index (χ0n) is 9.27. The van der Waals surface area contributed by atoms with Crippen LogP contribution in [0.1, 0.15) is 36.8 Å². The highest BCUT2D eigenvalue weighted by Crippen LogP contribution is 2.20. The molecule has 5 heteroatoms. The van der Waals surface area contributed by atoms with Crippen molar-refractivity contribution in [3.8, 4) is 12.3 Å². The van der Waals surface area contributed by atoms with E-state index in [1.807, 2.05) is 13.8 Å². The first-order chi connectivity index (χ1) is 7.49. The molecule has 2 N–H and O–H groups in total. The highest BCUT2D eigenvalue weighted by molar-refractivity contribution is 6.33. The van der Waals surface area contributed by atoms with Gasteiger partial charge in [0.25, 0.3) is 0 Å². The van der Waals surface area contributed by atoms with E-state index in [0.717, 1.165) is 0 Å². The Morgan fingerprint density at radius 3 is 2.88 bits per heavy atom. The van der Waals surface area contributed by atoms with Crippen LogP contribution in [0.4, 0.5) is 0 Å². The number of halogens is 1. The minimum atomic E-state index is -0.725. The molecule has 1 aromatic heterocycles. The second-order valence-electron chi connectivity index (χ2n) is 3.76. The Morgan fingerprint density at radius 1 is 1.75 bits per heavy atom. The molecule has 0 aliphatic heterocycles. The molecule has 4 nitrogen and oxygen atoms in total. The molecular formula is C11H14ClN3O. The predicted octanol–water partition coefficient (Wildman–Crippen LogP) is 1.65. The van der Waals surface area contributed by atoms with E-state index < -0.39 is 6.04 Å². The molecule has 0 aliphatic carbocycles. The molecule has 0 spiro atoms. The van der Waals surface area contributed by atoms with Crippen LogP contribution in [0.15, 0.2) is 6.20 Å². The maximum absolute atomic E-state index is 12.0. The number of terminal acetylenes is 1. The van der Waals surface area contributed by atoms with Gasteiger partial charge in [0.05, 0.1) is 17.3 Å². The fraction of sp³-hybridized carbons (Fsp3) is 0.455. The summed E-state index contributed by atoms with van der Waals surface area (Å²) in [5.41, 5.74) is 6.00. The standard InChI is InChI=1S/C11H14ClN3O/c1-4-5-9(13)11(16)10-8(12)6-14-15(10)7(2)3/h1,6-7,9H,5,13H2,2-3H3. The first kappa shape index (κ1) is 12.8. The van der Waals surface area contributed by atoms with Crippen molar-refractivity contribution in [2.24, 2.45) is 5.73 Å². The van der Waals surface area contributed by atoms with Crippen LogP contribution in [0, 0.1) is 12.3 Å². The summed E-state index contributed by atoms with van der Waals surface area (Å²) in [7, 11) is 0. The summed E-state index contributed by atoms with van der Waals surface area (Å²) in [5, 5.41) is 4.35. The maximum atomic E-state index is 12.0. The molecule has 86 valence electrons. The Kier molecular flexibility index (Phi) is 4.11. The molecule has 0 aliphatic rings. The van der Waals surface area contributed by atoms with Gasteiger partial charge in [-0.3, -0.25) is 9.48 Å². The molecule has 1 atom stereocenters. The number of carbonyl (C=O) groups is 1. The largest absolute Gasteiger partial charge is 0.320 e. The lowest BCUT2D eigenvalue weighted by molar-refractivity contribution is 0.0950. The smallest absolute Gasteiger partial charge is 0.199 e. The second-order valence-corrected chi connectivity index (χ2v) is 4.17. The second kappa shape index (κ2) is 5.15. The molecule has 1 heterocycles. The number of ketones is 1. The van der Waals surface area contributed by atoms with Gasteiger partial charge in [0.15, 0.2) is 5.78 Å². The quantitative estimate of drug-likeness (QED) is 0.642. The molecule has 0 aromatic carbocycles. The van der Waals surface area contributed by atoms with Gasteiger partial charge in [0.2, 0.25) is 0 Å². The summed E-state index contributed by atoms with van der Waals surface area (Å²) in [4.78, 5) is 12.0. The summed E-state index contributed by atoms with van der Waals surface area (Å²) in [6, 6.07) is -0.679. The van der Waals surface area contributed by atoms with Crippen molar-refractivity contribution in [2.75, 3.05) is 0 Å². The van der Waals surface area contributed by atoms with Gasteiger partial charge in [-0.25, -0.2) is 0 Å². The lowest BCUT2D eigenvalue weighted by Gasteiger charge is -2.13. The van der Waals surface area contributed by atoms with E-state index >= 15 is 0 Å².